The van der Waals surface area contributed by atoms with Gasteiger partial charge in [0.2, 0.25) is 0 Å². The molecule has 5 nitrogen and oxygen atoms in total. The van der Waals surface area contributed by atoms with Gasteiger partial charge in [0, 0.05) is 11.8 Å². The number of sulfonamides is 1. The summed E-state index contributed by atoms with van der Waals surface area (Å²) in [4.78, 5) is -1.18. The van der Waals surface area contributed by atoms with Crippen LogP contribution in [0.5, 0.6) is 11.5 Å². The average molecular weight is 515 g/mol. The number of rotatable bonds is 7. The van der Waals surface area contributed by atoms with Crippen LogP contribution in [0.3, 0.4) is 0 Å². The van der Waals surface area contributed by atoms with Crippen molar-refractivity contribution in [3.8, 4) is 11.5 Å². The van der Waals surface area contributed by atoms with E-state index >= 15 is 0 Å². The van der Waals surface area contributed by atoms with E-state index in [1.165, 1.54) is 0 Å². The standard InChI is InChI=1S/C17H11F10NO4S/c18-12-3-1-9(5-11(12)17(25,26)27)28-33(29,30)14-6-10(31-7-15(19,20)21)2-4-13(14)32-8-16(22,23)24/h1-6,28H,7-8H2. The molecular formula is C17H11F10NO4S. The number of anilines is 1. The highest BCUT2D eigenvalue weighted by Crippen LogP contribution is 2.35. The van der Waals surface area contributed by atoms with Gasteiger partial charge < -0.3 is 9.47 Å². The van der Waals surface area contributed by atoms with E-state index in [-0.39, 0.29) is 12.1 Å². The Labute approximate surface area is 179 Å². The maximum atomic E-state index is 13.4. The Balaban J connectivity index is 2.46. The Morgan fingerprint density at radius 2 is 1.36 bits per heavy atom. The van der Waals surface area contributed by atoms with Gasteiger partial charge in [-0.15, -0.1) is 0 Å². The summed E-state index contributed by atoms with van der Waals surface area (Å²) >= 11 is 0. The van der Waals surface area contributed by atoms with Gasteiger partial charge in [0.05, 0.1) is 5.56 Å². The molecule has 0 amide bonds. The van der Waals surface area contributed by atoms with Crippen LogP contribution in [0.2, 0.25) is 0 Å². The van der Waals surface area contributed by atoms with Crippen LogP contribution < -0.4 is 14.2 Å². The second kappa shape index (κ2) is 9.15. The van der Waals surface area contributed by atoms with Crippen molar-refractivity contribution in [3.63, 3.8) is 0 Å². The lowest BCUT2D eigenvalue weighted by molar-refractivity contribution is -0.154. The van der Waals surface area contributed by atoms with Crippen LogP contribution in [0.25, 0.3) is 0 Å². The number of ether oxygens (including phenoxy) is 2. The monoisotopic (exact) mass is 515 g/mol. The van der Waals surface area contributed by atoms with E-state index in [1.54, 1.807) is 4.72 Å². The van der Waals surface area contributed by atoms with E-state index in [4.69, 9.17) is 0 Å². The molecule has 0 radical (unpaired) electrons. The molecule has 0 saturated carbocycles. The summed E-state index contributed by atoms with van der Waals surface area (Å²) in [5.41, 5.74) is -2.69. The minimum Gasteiger partial charge on any atom is -0.484 e. The van der Waals surface area contributed by atoms with E-state index in [9.17, 15) is 52.3 Å². The largest absolute Gasteiger partial charge is 0.484 e. The first kappa shape index (κ1) is 26.3. The molecule has 0 heterocycles. The van der Waals surface area contributed by atoms with Crippen LogP contribution >= 0.6 is 0 Å². The zero-order valence-corrected chi connectivity index (χ0v) is 16.5. The number of hydrogen-bond acceptors (Lipinski definition) is 4. The molecule has 2 rings (SSSR count). The second-order valence-electron chi connectivity index (χ2n) is 6.21. The van der Waals surface area contributed by atoms with Gasteiger partial charge in [-0.2, -0.15) is 39.5 Å². The zero-order valence-electron chi connectivity index (χ0n) is 15.7. The summed E-state index contributed by atoms with van der Waals surface area (Å²) in [7, 11) is -5.06. The topological polar surface area (TPSA) is 64.6 Å². The zero-order chi connectivity index (χ0) is 25.2. The van der Waals surface area contributed by atoms with E-state index in [0.717, 1.165) is 0 Å². The number of halogens is 10. The normalized spacial score (nSPS) is 13.0. The highest BCUT2D eigenvalue weighted by molar-refractivity contribution is 7.92. The lowest BCUT2D eigenvalue weighted by Gasteiger charge is -2.17. The highest BCUT2D eigenvalue weighted by atomic mass is 32.2. The molecule has 0 fully saturated rings. The fourth-order valence-corrected chi connectivity index (χ4v) is 3.46. The first-order chi connectivity index (χ1) is 14.9. The Kier molecular flexibility index (Phi) is 7.30. The van der Waals surface area contributed by atoms with Crippen molar-refractivity contribution in [1.29, 1.82) is 0 Å². The van der Waals surface area contributed by atoms with E-state index in [0.29, 0.717) is 24.3 Å². The summed E-state index contributed by atoms with van der Waals surface area (Å²) in [6.07, 6.45) is -15.0. The third-order valence-corrected chi connectivity index (χ3v) is 4.93. The molecule has 0 unspecified atom stereocenters. The van der Waals surface area contributed by atoms with Crippen molar-refractivity contribution in [2.24, 2.45) is 0 Å². The molecule has 33 heavy (non-hydrogen) atoms. The minimum atomic E-state index is -5.21. The van der Waals surface area contributed by atoms with Gasteiger partial charge in [-0.05, 0) is 30.3 Å². The summed E-state index contributed by atoms with van der Waals surface area (Å²) < 4.78 is 162. The average Bonchev–Trinajstić information content (AvgIpc) is 2.64. The molecule has 0 spiro atoms. The van der Waals surface area contributed by atoms with Crippen molar-refractivity contribution >= 4 is 15.7 Å². The maximum absolute atomic E-state index is 13.4. The maximum Gasteiger partial charge on any atom is 0.422 e. The molecule has 184 valence electrons. The van der Waals surface area contributed by atoms with Crippen molar-refractivity contribution in [3.05, 3.63) is 47.8 Å². The lowest BCUT2D eigenvalue weighted by Crippen LogP contribution is -2.22. The van der Waals surface area contributed by atoms with Crippen LogP contribution in [0.1, 0.15) is 5.56 Å². The molecule has 0 aliphatic carbocycles. The van der Waals surface area contributed by atoms with Gasteiger partial charge in [0.1, 0.15) is 22.2 Å². The molecule has 0 bridgehead atoms. The molecular weight excluding hydrogens is 504 g/mol. The molecule has 2 aromatic rings. The summed E-state index contributed by atoms with van der Waals surface area (Å²) in [5, 5.41) is 0. The Morgan fingerprint density at radius 1 is 0.788 bits per heavy atom. The predicted molar refractivity (Wildman–Crippen MR) is 91.8 cm³/mol. The Bertz CT molecular complexity index is 1090. The van der Waals surface area contributed by atoms with Gasteiger partial charge in [0.25, 0.3) is 10.0 Å². The van der Waals surface area contributed by atoms with Crippen LogP contribution in [0.15, 0.2) is 41.3 Å². The van der Waals surface area contributed by atoms with Crippen LogP contribution in [-0.4, -0.2) is 34.0 Å². The molecule has 0 aliphatic heterocycles. The first-order valence-corrected chi connectivity index (χ1v) is 9.78. The quantitative estimate of drug-likeness (QED) is 0.493. The fraction of sp³-hybridized carbons (Fsp3) is 0.294. The smallest absolute Gasteiger partial charge is 0.422 e. The summed E-state index contributed by atoms with van der Waals surface area (Å²) in [5.74, 6) is -3.47. The SMILES string of the molecule is O=S(=O)(Nc1ccc(F)c(C(F)(F)F)c1)c1cc(OCC(F)(F)F)ccc1OCC(F)(F)F. The molecule has 1 N–H and O–H groups in total. The number of alkyl halides is 9. The molecule has 16 heteroatoms. The molecule has 2 aromatic carbocycles. The number of hydrogen-bond donors (Lipinski definition) is 1. The third-order valence-electron chi connectivity index (χ3n) is 3.52. The molecule has 0 atom stereocenters. The van der Waals surface area contributed by atoms with E-state index in [2.05, 4.69) is 9.47 Å². The van der Waals surface area contributed by atoms with Crippen LogP contribution in [0.4, 0.5) is 49.6 Å². The molecule has 0 aromatic heterocycles. The first-order valence-electron chi connectivity index (χ1n) is 8.30. The van der Waals surface area contributed by atoms with Crippen molar-refractivity contribution in [1.82, 2.24) is 0 Å². The van der Waals surface area contributed by atoms with Crippen LogP contribution in [-0.2, 0) is 16.2 Å². The van der Waals surface area contributed by atoms with Gasteiger partial charge in [-0.1, -0.05) is 0 Å². The number of benzene rings is 2. The Morgan fingerprint density at radius 3 is 1.91 bits per heavy atom. The Hall–Kier alpha value is -2.91. The minimum absolute atomic E-state index is 0.0765. The number of nitrogens with one attached hydrogen (secondary N) is 1. The predicted octanol–water partition coefficient (Wildman–Crippen LogP) is 5.53. The highest BCUT2D eigenvalue weighted by Gasteiger charge is 2.35. The van der Waals surface area contributed by atoms with Crippen molar-refractivity contribution in [2.45, 2.75) is 23.4 Å². The molecule has 0 aliphatic rings. The van der Waals surface area contributed by atoms with Gasteiger partial charge in [0.15, 0.2) is 13.2 Å². The van der Waals surface area contributed by atoms with Gasteiger partial charge >= 0.3 is 18.5 Å². The van der Waals surface area contributed by atoms with Crippen molar-refractivity contribution < 1.29 is 61.8 Å². The fourth-order valence-electron chi connectivity index (χ4n) is 2.25. The van der Waals surface area contributed by atoms with Crippen LogP contribution in [0, 0.1) is 5.82 Å². The van der Waals surface area contributed by atoms with Gasteiger partial charge in [-0.3, -0.25) is 4.72 Å². The van der Waals surface area contributed by atoms with E-state index < -0.39 is 75.2 Å². The summed E-state index contributed by atoms with van der Waals surface area (Å²) in [6.45, 7) is -3.87. The molecule has 0 saturated heterocycles. The second-order valence-corrected chi connectivity index (χ2v) is 7.86. The van der Waals surface area contributed by atoms with E-state index in [1.807, 2.05) is 0 Å². The summed E-state index contributed by atoms with van der Waals surface area (Å²) in [6, 6.07) is 2.59. The lowest BCUT2D eigenvalue weighted by atomic mass is 10.2. The van der Waals surface area contributed by atoms with Gasteiger partial charge in [-0.25, -0.2) is 12.8 Å². The van der Waals surface area contributed by atoms with Crippen molar-refractivity contribution in [2.75, 3.05) is 17.9 Å². The third kappa shape index (κ3) is 7.87.